The number of carbonyl (C=O) groups is 2. The molecule has 1 rings (SSSR count). The minimum atomic E-state index is -1.58. The van der Waals surface area contributed by atoms with Crippen LogP contribution in [0.3, 0.4) is 0 Å². The summed E-state index contributed by atoms with van der Waals surface area (Å²) in [5.41, 5.74) is -1.58. The molecule has 0 aromatic heterocycles. The van der Waals surface area contributed by atoms with Gasteiger partial charge < -0.3 is 4.74 Å². The van der Waals surface area contributed by atoms with Crippen molar-refractivity contribution in [3.63, 3.8) is 0 Å². The number of nitro groups is 1. The van der Waals surface area contributed by atoms with E-state index in [1.807, 2.05) is 6.07 Å². The zero-order chi connectivity index (χ0) is 18.0. The van der Waals surface area contributed by atoms with E-state index in [2.05, 4.69) is 4.74 Å². The van der Waals surface area contributed by atoms with Crippen LogP contribution >= 0.6 is 0 Å². The van der Waals surface area contributed by atoms with E-state index in [4.69, 9.17) is 0 Å². The van der Waals surface area contributed by atoms with Crippen molar-refractivity contribution >= 4 is 11.8 Å². The molecule has 1 saturated carbocycles. The van der Waals surface area contributed by atoms with Crippen LogP contribution in [0, 0.1) is 32.8 Å². The van der Waals surface area contributed by atoms with Gasteiger partial charge in [0.15, 0.2) is 5.92 Å². The first kappa shape index (κ1) is 20.1. The standard InChI is InChI=1S/C17H26N2O5/c1-24-16(21)14(12-18)17(13-19(22)23)11-9-7-5-3-2-4-6-8-10-15(17)20/h14H,2-11,13H2,1H3. The quantitative estimate of drug-likeness (QED) is 0.442. The lowest BCUT2D eigenvalue weighted by Gasteiger charge is -2.31. The fourth-order valence-corrected chi connectivity index (χ4v) is 3.49. The highest BCUT2D eigenvalue weighted by atomic mass is 16.6. The molecular formula is C17H26N2O5. The van der Waals surface area contributed by atoms with Gasteiger partial charge >= 0.3 is 5.97 Å². The maximum atomic E-state index is 12.8. The molecule has 0 amide bonds. The van der Waals surface area contributed by atoms with Crippen LogP contribution in [0.1, 0.15) is 64.2 Å². The minimum absolute atomic E-state index is 0.170. The third-order valence-corrected chi connectivity index (χ3v) is 4.86. The normalized spacial score (nSPS) is 24.8. The third-order valence-electron chi connectivity index (χ3n) is 4.86. The number of nitriles is 1. The van der Waals surface area contributed by atoms with E-state index in [1.54, 1.807) is 0 Å². The second kappa shape index (κ2) is 10.0. The van der Waals surface area contributed by atoms with E-state index in [0.717, 1.165) is 45.6 Å². The van der Waals surface area contributed by atoms with E-state index in [0.29, 0.717) is 12.8 Å². The van der Waals surface area contributed by atoms with Crippen molar-refractivity contribution in [3.8, 4) is 6.07 Å². The number of carbonyl (C=O) groups excluding carboxylic acids is 2. The van der Waals surface area contributed by atoms with Crippen LogP contribution in [0.4, 0.5) is 0 Å². The first-order valence-electron chi connectivity index (χ1n) is 8.60. The lowest BCUT2D eigenvalue weighted by molar-refractivity contribution is -0.495. The van der Waals surface area contributed by atoms with Gasteiger partial charge in [-0.15, -0.1) is 0 Å². The van der Waals surface area contributed by atoms with Crippen LogP contribution in [0.25, 0.3) is 0 Å². The van der Waals surface area contributed by atoms with Gasteiger partial charge in [-0.3, -0.25) is 19.7 Å². The van der Waals surface area contributed by atoms with Crippen molar-refractivity contribution in [2.45, 2.75) is 64.2 Å². The summed E-state index contributed by atoms with van der Waals surface area (Å²) in [7, 11) is 1.13. The monoisotopic (exact) mass is 338 g/mol. The molecule has 0 saturated heterocycles. The number of ketones is 1. The van der Waals surface area contributed by atoms with Crippen LogP contribution in [-0.2, 0) is 14.3 Å². The zero-order valence-corrected chi connectivity index (χ0v) is 14.3. The highest BCUT2D eigenvalue weighted by molar-refractivity contribution is 5.91. The summed E-state index contributed by atoms with van der Waals surface area (Å²) in [6.07, 6.45) is 7.58. The summed E-state index contributed by atoms with van der Waals surface area (Å²) in [5, 5.41) is 20.7. The number of esters is 1. The molecule has 24 heavy (non-hydrogen) atoms. The van der Waals surface area contributed by atoms with Gasteiger partial charge in [0.2, 0.25) is 6.54 Å². The van der Waals surface area contributed by atoms with Crippen LogP contribution in [0.2, 0.25) is 0 Å². The maximum Gasteiger partial charge on any atom is 0.324 e. The van der Waals surface area contributed by atoms with Crippen LogP contribution in [0.15, 0.2) is 0 Å². The van der Waals surface area contributed by atoms with Crippen molar-refractivity contribution < 1.29 is 19.2 Å². The Morgan fingerprint density at radius 3 is 2.29 bits per heavy atom. The van der Waals surface area contributed by atoms with Gasteiger partial charge in [-0.2, -0.15) is 5.26 Å². The highest BCUT2D eigenvalue weighted by Crippen LogP contribution is 2.38. The van der Waals surface area contributed by atoms with Gasteiger partial charge in [-0.1, -0.05) is 44.9 Å². The molecule has 0 spiro atoms. The third kappa shape index (κ3) is 5.29. The minimum Gasteiger partial charge on any atom is -0.468 e. The van der Waals surface area contributed by atoms with Gasteiger partial charge in [-0.05, 0) is 12.8 Å². The van der Waals surface area contributed by atoms with Crippen LogP contribution < -0.4 is 0 Å². The molecule has 0 aliphatic heterocycles. The molecule has 134 valence electrons. The summed E-state index contributed by atoms with van der Waals surface area (Å²) in [5.74, 6) is -2.64. The summed E-state index contributed by atoms with van der Waals surface area (Å²) in [6, 6.07) is 1.81. The van der Waals surface area contributed by atoms with E-state index in [1.165, 1.54) is 0 Å². The Bertz CT molecular complexity index is 500. The van der Waals surface area contributed by atoms with E-state index < -0.39 is 28.8 Å². The Kier molecular flexibility index (Phi) is 8.37. The van der Waals surface area contributed by atoms with Crippen LogP contribution in [-0.4, -0.2) is 30.3 Å². The van der Waals surface area contributed by atoms with Gasteiger partial charge in [0.25, 0.3) is 0 Å². The predicted molar refractivity (Wildman–Crippen MR) is 86.6 cm³/mol. The van der Waals surface area contributed by atoms with Gasteiger partial charge in [0.05, 0.1) is 13.2 Å². The fourth-order valence-electron chi connectivity index (χ4n) is 3.49. The summed E-state index contributed by atoms with van der Waals surface area (Å²) < 4.78 is 4.65. The summed E-state index contributed by atoms with van der Waals surface area (Å²) >= 11 is 0. The highest BCUT2D eigenvalue weighted by Gasteiger charge is 2.53. The lowest BCUT2D eigenvalue weighted by atomic mass is 9.67. The number of Topliss-reactive ketones (excluding diaryl/α,β-unsaturated/α-hetero) is 1. The summed E-state index contributed by atoms with van der Waals surface area (Å²) in [6.45, 7) is -0.695. The second-order valence-electron chi connectivity index (χ2n) is 6.48. The van der Waals surface area contributed by atoms with E-state index in [-0.39, 0.29) is 18.6 Å². The molecule has 7 heteroatoms. The lowest BCUT2D eigenvalue weighted by Crippen LogP contribution is -2.47. The number of ether oxygens (including phenoxy) is 1. The predicted octanol–water partition coefficient (Wildman–Crippen LogP) is 3.05. The Morgan fingerprint density at radius 2 is 1.79 bits per heavy atom. The molecule has 1 aliphatic carbocycles. The molecule has 0 bridgehead atoms. The van der Waals surface area contributed by atoms with Crippen molar-refractivity contribution in [1.29, 1.82) is 5.26 Å². The van der Waals surface area contributed by atoms with E-state index >= 15 is 0 Å². The summed E-state index contributed by atoms with van der Waals surface area (Å²) in [4.78, 5) is 35.5. The van der Waals surface area contributed by atoms with Gasteiger partial charge in [0.1, 0.15) is 11.2 Å². The SMILES string of the molecule is COC(=O)C(C#N)C1(C[N+](=O)[O-])CCCCCCCCCCC1=O. The van der Waals surface area contributed by atoms with Crippen molar-refractivity contribution in [2.75, 3.05) is 13.7 Å². The van der Waals surface area contributed by atoms with Crippen molar-refractivity contribution in [2.24, 2.45) is 11.3 Å². The Morgan fingerprint density at radius 1 is 1.25 bits per heavy atom. The topological polar surface area (TPSA) is 110 Å². The number of hydrogen-bond acceptors (Lipinski definition) is 6. The van der Waals surface area contributed by atoms with E-state index in [9.17, 15) is 25.0 Å². The first-order chi connectivity index (χ1) is 11.5. The van der Waals surface area contributed by atoms with Gasteiger partial charge in [-0.25, -0.2) is 0 Å². The molecular weight excluding hydrogens is 312 g/mol. The van der Waals surface area contributed by atoms with Crippen LogP contribution in [0.5, 0.6) is 0 Å². The first-order valence-corrected chi connectivity index (χ1v) is 8.60. The average Bonchev–Trinajstić information content (AvgIpc) is 2.54. The van der Waals surface area contributed by atoms with Gasteiger partial charge in [0, 0.05) is 11.3 Å². The number of nitrogens with zero attached hydrogens (tertiary/aromatic N) is 2. The number of methoxy groups -OCH3 is 1. The maximum absolute atomic E-state index is 12.8. The molecule has 2 atom stereocenters. The second-order valence-corrected chi connectivity index (χ2v) is 6.48. The molecule has 7 nitrogen and oxygen atoms in total. The molecule has 0 radical (unpaired) electrons. The Balaban J connectivity index is 3.18. The molecule has 0 aromatic rings. The average molecular weight is 338 g/mol. The molecule has 0 heterocycles. The van der Waals surface area contributed by atoms with Crippen molar-refractivity contribution in [1.82, 2.24) is 0 Å². The molecule has 1 aliphatic rings. The Hall–Kier alpha value is -1.97. The molecule has 2 unspecified atom stereocenters. The Labute approximate surface area is 142 Å². The van der Waals surface area contributed by atoms with Crippen molar-refractivity contribution in [3.05, 3.63) is 10.1 Å². The largest absolute Gasteiger partial charge is 0.468 e. The fraction of sp³-hybridized carbons (Fsp3) is 0.824. The number of hydrogen-bond donors (Lipinski definition) is 0. The molecule has 0 N–H and O–H groups in total. The smallest absolute Gasteiger partial charge is 0.324 e. The molecule has 0 aromatic carbocycles. The zero-order valence-electron chi connectivity index (χ0n) is 14.3. The number of rotatable bonds is 4. The molecule has 1 fully saturated rings.